The third kappa shape index (κ3) is 1.92. The highest BCUT2D eigenvalue weighted by atomic mass is 16.5. The van der Waals surface area contributed by atoms with Gasteiger partial charge in [-0.15, -0.1) is 0 Å². The molecule has 22 heavy (non-hydrogen) atoms. The SMILES string of the molecule is Cc1nc2c(c(N(C)C3C4CCOC4C3(C)C)n1)CCCC2. The molecule has 3 atom stereocenters. The summed E-state index contributed by atoms with van der Waals surface area (Å²) in [5.74, 6) is 2.76. The summed E-state index contributed by atoms with van der Waals surface area (Å²) >= 11 is 0. The van der Waals surface area contributed by atoms with Gasteiger partial charge in [-0.3, -0.25) is 0 Å². The molecule has 2 fully saturated rings. The van der Waals surface area contributed by atoms with Crippen molar-refractivity contribution in [2.75, 3.05) is 18.6 Å². The fourth-order valence-corrected chi connectivity index (χ4v) is 5.20. The molecule has 1 aromatic heterocycles. The minimum Gasteiger partial charge on any atom is -0.377 e. The van der Waals surface area contributed by atoms with Crippen LogP contribution >= 0.6 is 0 Å². The minimum absolute atomic E-state index is 0.205. The van der Waals surface area contributed by atoms with E-state index in [1.54, 1.807) is 0 Å². The maximum absolute atomic E-state index is 5.96. The van der Waals surface area contributed by atoms with E-state index >= 15 is 0 Å². The first-order chi connectivity index (χ1) is 10.5. The van der Waals surface area contributed by atoms with E-state index in [2.05, 4.69) is 25.8 Å². The number of aryl methyl sites for hydroxylation is 2. The summed E-state index contributed by atoms with van der Waals surface area (Å²) in [5.41, 5.74) is 2.89. The predicted molar refractivity (Wildman–Crippen MR) is 87.2 cm³/mol. The van der Waals surface area contributed by atoms with Crippen LogP contribution in [-0.4, -0.2) is 35.8 Å². The molecular weight excluding hydrogens is 274 g/mol. The van der Waals surface area contributed by atoms with Gasteiger partial charge in [-0.1, -0.05) is 13.8 Å². The molecule has 4 heteroatoms. The van der Waals surface area contributed by atoms with Gasteiger partial charge in [0.15, 0.2) is 0 Å². The zero-order chi connectivity index (χ0) is 15.5. The third-order valence-corrected chi connectivity index (χ3v) is 6.06. The Morgan fingerprint density at radius 2 is 1.95 bits per heavy atom. The summed E-state index contributed by atoms with van der Waals surface area (Å²) in [4.78, 5) is 12.0. The minimum atomic E-state index is 0.205. The fourth-order valence-electron chi connectivity index (χ4n) is 5.20. The van der Waals surface area contributed by atoms with Crippen molar-refractivity contribution in [1.82, 2.24) is 9.97 Å². The molecule has 1 aromatic rings. The lowest BCUT2D eigenvalue weighted by Gasteiger charge is -2.58. The van der Waals surface area contributed by atoms with Crippen LogP contribution in [0, 0.1) is 18.3 Å². The second-order valence-corrected chi connectivity index (χ2v) is 7.85. The third-order valence-electron chi connectivity index (χ3n) is 6.06. The molecule has 1 saturated heterocycles. The second kappa shape index (κ2) is 4.92. The highest BCUT2D eigenvalue weighted by molar-refractivity contribution is 5.52. The van der Waals surface area contributed by atoms with E-state index < -0.39 is 0 Å². The Labute approximate surface area is 133 Å². The Morgan fingerprint density at radius 1 is 1.18 bits per heavy atom. The molecule has 0 amide bonds. The molecule has 2 heterocycles. The van der Waals surface area contributed by atoms with Crippen LogP contribution in [0.4, 0.5) is 5.82 Å². The molecule has 3 aliphatic rings. The second-order valence-electron chi connectivity index (χ2n) is 7.85. The average molecular weight is 301 g/mol. The summed E-state index contributed by atoms with van der Waals surface area (Å²) < 4.78 is 5.96. The van der Waals surface area contributed by atoms with Gasteiger partial charge in [-0.05, 0) is 39.0 Å². The molecule has 0 radical (unpaired) electrons. The normalized spacial score (nSPS) is 32.1. The van der Waals surface area contributed by atoms with Crippen LogP contribution in [0.25, 0.3) is 0 Å². The zero-order valence-corrected chi connectivity index (χ0v) is 14.2. The number of ether oxygens (including phenoxy) is 1. The maximum atomic E-state index is 5.96. The first-order valence-corrected chi connectivity index (χ1v) is 8.71. The van der Waals surface area contributed by atoms with Crippen molar-refractivity contribution in [3.63, 3.8) is 0 Å². The summed E-state index contributed by atoms with van der Waals surface area (Å²) in [5, 5.41) is 0. The predicted octanol–water partition coefficient (Wildman–Crippen LogP) is 2.91. The number of aromatic nitrogens is 2. The molecule has 1 saturated carbocycles. The summed E-state index contributed by atoms with van der Waals surface area (Å²) in [6, 6.07) is 0.528. The Hall–Kier alpha value is -1.16. The number of nitrogens with zero attached hydrogens (tertiary/aromatic N) is 3. The molecule has 2 aliphatic carbocycles. The van der Waals surface area contributed by atoms with E-state index in [1.165, 1.54) is 36.3 Å². The fraction of sp³-hybridized carbons (Fsp3) is 0.778. The lowest BCUT2D eigenvalue weighted by atomic mass is 9.56. The standard InChI is InChI=1S/C18H27N3O/c1-11-19-14-8-6-5-7-12(14)17(20-11)21(4)15-13-9-10-22-16(13)18(15,2)3/h13,15-16H,5-10H2,1-4H3. The molecule has 4 rings (SSSR count). The van der Waals surface area contributed by atoms with Crippen LogP contribution in [0.15, 0.2) is 0 Å². The first-order valence-electron chi connectivity index (χ1n) is 8.71. The number of anilines is 1. The van der Waals surface area contributed by atoms with Crippen LogP contribution in [-0.2, 0) is 17.6 Å². The monoisotopic (exact) mass is 301 g/mol. The topological polar surface area (TPSA) is 38.2 Å². The lowest BCUT2D eigenvalue weighted by molar-refractivity contribution is -0.101. The van der Waals surface area contributed by atoms with E-state index in [-0.39, 0.29) is 5.41 Å². The van der Waals surface area contributed by atoms with Gasteiger partial charge >= 0.3 is 0 Å². The Kier molecular flexibility index (Phi) is 3.23. The van der Waals surface area contributed by atoms with Gasteiger partial charge < -0.3 is 9.64 Å². The van der Waals surface area contributed by atoms with Gasteiger partial charge in [-0.25, -0.2) is 9.97 Å². The maximum Gasteiger partial charge on any atom is 0.135 e. The largest absolute Gasteiger partial charge is 0.377 e. The number of hydrogen-bond donors (Lipinski definition) is 0. The molecule has 0 spiro atoms. The van der Waals surface area contributed by atoms with Gasteiger partial charge in [-0.2, -0.15) is 0 Å². The van der Waals surface area contributed by atoms with Crippen LogP contribution in [0.3, 0.4) is 0 Å². The van der Waals surface area contributed by atoms with Gasteiger partial charge in [0.25, 0.3) is 0 Å². The van der Waals surface area contributed by atoms with Crippen molar-refractivity contribution in [2.45, 2.75) is 65.0 Å². The molecular formula is C18H27N3O. The van der Waals surface area contributed by atoms with Crippen LogP contribution < -0.4 is 4.90 Å². The number of hydrogen-bond acceptors (Lipinski definition) is 4. The van der Waals surface area contributed by atoms with Crippen molar-refractivity contribution in [1.29, 1.82) is 0 Å². The number of rotatable bonds is 2. The molecule has 3 unspecified atom stereocenters. The van der Waals surface area contributed by atoms with E-state index in [0.29, 0.717) is 18.1 Å². The molecule has 0 N–H and O–H groups in total. The highest BCUT2D eigenvalue weighted by Gasteiger charge is 2.61. The molecule has 1 aliphatic heterocycles. The zero-order valence-electron chi connectivity index (χ0n) is 14.2. The van der Waals surface area contributed by atoms with E-state index in [0.717, 1.165) is 25.3 Å². The molecule has 0 bridgehead atoms. The summed E-state index contributed by atoms with van der Waals surface area (Å²) in [6.07, 6.45) is 6.40. The lowest BCUT2D eigenvalue weighted by Crippen LogP contribution is -2.66. The quantitative estimate of drug-likeness (QED) is 0.842. The van der Waals surface area contributed by atoms with Gasteiger partial charge in [0, 0.05) is 42.3 Å². The Bertz CT molecular complexity index is 598. The molecule has 0 aromatic carbocycles. The van der Waals surface area contributed by atoms with E-state index in [1.807, 2.05) is 6.92 Å². The molecule has 4 nitrogen and oxygen atoms in total. The van der Waals surface area contributed by atoms with Crippen molar-refractivity contribution >= 4 is 5.82 Å². The van der Waals surface area contributed by atoms with Crippen molar-refractivity contribution in [2.24, 2.45) is 11.3 Å². The summed E-state index contributed by atoms with van der Waals surface area (Å²) in [6.45, 7) is 7.64. The van der Waals surface area contributed by atoms with Crippen LogP contribution in [0.5, 0.6) is 0 Å². The van der Waals surface area contributed by atoms with Crippen LogP contribution in [0.2, 0.25) is 0 Å². The Morgan fingerprint density at radius 3 is 2.77 bits per heavy atom. The van der Waals surface area contributed by atoms with Gasteiger partial charge in [0.2, 0.25) is 0 Å². The van der Waals surface area contributed by atoms with E-state index in [9.17, 15) is 0 Å². The van der Waals surface area contributed by atoms with Crippen molar-refractivity contribution in [3.05, 3.63) is 17.1 Å². The first kappa shape index (κ1) is 14.4. The van der Waals surface area contributed by atoms with Gasteiger partial charge in [0.05, 0.1) is 6.10 Å². The Balaban J connectivity index is 1.71. The van der Waals surface area contributed by atoms with Crippen molar-refractivity contribution < 1.29 is 4.74 Å². The van der Waals surface area contributed by atoms with Crippen LogP contribution in [0.1, 0.15) is 50.2 Å². The summed E-state index contributed by atoms with van der Waals surface area (Å²) in [7, 11) is 2.23. The molecule has 120 valence electrons. The average Bonchev–Trinajstić information content (AvgIpc) is 2.92. The highest BCUT2D eigenvalue weighted by Crippen LogP contribution is 2.55. The van der Waals surface area contributed by atoms with E-state index in [4.69, 9.17) is 14.7 Å². The smallest absolute Gasteiger partial charge is 0.135 e. The van der Waals surface area contributed by atoms with Gasteiger partial charge in [0.1, 0.15) is 11.6 Å². The number of fused-ring (bicyclic) bond motifs is 2. The van der Waals surface area contributed by atoms with Crippen molar-refractivity contribution in [3.8, 4) is 0 Å².